The molecule has 5 nitrogen and oxygen atoms in total. The molecule has 0 spiro atoms. The number of nitrogens with zero attached hydrogens (tertiary/aromatic N) is 2. The van der Waals surface area contributed by atoms with Crippen molar-refractivity contribution in [3.8, 4) is 0 Å². The number of rotatable bonds is 3. The molecule has 0 N–H and O–H groups in total. The van der Waals surface area contributed by atoms with E-state index in [-0.39, 0.29) is 24.3 Å². The van der Waals surface area contributed by atoms with Crippen LogP contribution in [0.1, 0.15) is 59.1 Å². The zero-order chi connectivity index (χ0) is 18.8. The number of hydrogen-bond acceptors (Lipinski definition) is 4. The standard InChI is InChI=1S/C18H26BrClN2O3/c1-6-12-10-24-16(11-8-14(19)21-15(20)9-11)13(7-2)22(12)17(23)25-18(3,4)5/h8-9,12-13,16H,6-7,10H2,1-5H3/t12-,13+,16+/m0/s1. The molecular weight excluding hydrogens is 408 g/mol. The number of ether oxygens (including phenoxy) is 2. The van der Waals surface area contributed by atoms with Crippen molar-refractivity contribution in [1.29, 1.82) is 0 Å². The summed E-state index contributed by atoms with van der Waals surface area (Å²) < 4.78 is 12.4. The predicted molar refractivity (Wildman–Crippen MR) is 102 cm³/mol. The molecule has 3 atom stereocenters. The van der Waals surface area contributed by atoms with Gasteiger partial charge in [-0.1, -0.05) is 25.4 Å². The van der Waals surface area contributed by atoms with Gasteiger partial charge in [-0.2, -0.15) is 0 Å². The van der Waals surface area contributed by atoms with Gasteiger partial charge in [0.1, 0.15) is 21.5 Å². The second-order valence-corrected chi connectivity index (χ2v) is 8.42. The molecule has 1 aromatic heterocycles. The van der Waals surface area contributed by atoms with Gasteiger partial charge in [-0.25, -0.2) is 9.78 Å². The minimum atomic E-state index is -0.537. The van der Waals surface area contributed by atoms with Gasteiger partial charge in [0.2, 0.25) is 0 Å². The number of amides is 1. The van der Waals surface area contributed by atoms with E-state index in [1.54, 1.807) is 6.07 Å². The van der Waals surface area contributed by atoms with E-state index >= 15 is 0 Å². The summed E-state index contributed by atoms with van der Waals surface area (Å²) in [4.78, 5) is 18.8. The first-order valence-electron chi connectivity index (χ1n) is 8.62. The van der Waals surface area contributed by atoms with Gasteiger partial charge in [0.25, 0.3) is 0 Å². The number of halogens is 2. The fourth-order valence-corrected chi connectivity index (χ4v) is 3.89. The van der Waals surface area contributed by atoms with E-state index in [0.29, 0.717) is 16.4 Å². The van der Waals surface area contributed by atoms with Crippen molar-refractivity contribution in [2.75, 3.05) is 6.61 Å². The van der Waals surface area contributed by atoms with Gasteiger partial charge in [-0.05, 0) is 67.2 Å². The maximum atomic E-state index is 12.9. The summed E-state index contributed by atoms with van der Waals surface area (Å²) in [6.45, 7) is 10.2. The van der Waals surface area contributed by atoms with Crippen LogP contribution < -0.4 is 0 Å². The highest BCUT2D eigenvalue weighted by atomic mass is 79.9. The quantitative estimate of drug-likeness (QED) is 0.602. The van der Waals surface area contributed by atoms with E-state index in [0.717, 1.165) is 18.4 Å². The van der Waals surface area contributed by atoms with Gasteiger partial charge in [0, 0.05) is 0 Å². The summed E-state index contributed by atoms with van der Waals surface area (Å²) in [7, 11) is 0. The number of hydrogen-bond donors (Lipinski definition) is 0. The second kappa shape index (κ2) is 8.23. The van der Waals surface area contributed by atoms with E-state index in [9.17, 15) is 4.79 Å². The molecule has 0 aromatic carbocycles. The number of aromatic nitrogens is 1. The van der Waals surface area contributed by atoms with Crippen LogP contribution in [-0.4, -0.2) is 40.3 Å². The maximum Gasteiger partial charge on any atom is 0.410 e. The summed E-state index contributed by atoms with van der Waals surface area (Å²) in [5.41, 5.74) is 0.367. The Morgan fingerprint density at radius 3 is 2.60 bits per heavy atom. The summed E-state index contributed by atoms with van der Waals surface area (Å²) >= 11 is 9.47. The molecule has 1 aromatic rings. The van der Waals surface area contributed by atoms with E-state index in [1.165, 1.54) is 0 Å². The molecule has 0 bridgehead atoms. The van der Waals surface area contributed by atoms with Crippen LogP contribution in [0, 0.1) is 0 Å². The minimum Gasteiger partial charge on any atom is -0.444 e. The number of carbonyl (C=O) groups is 1. The largest absolute Gasteiger partial charge is 0.444 e. The highest BCUT2D eigenvalue weighted by Crippen LogP contribution is 2.36. The molecular formula is C18H26BrClN2O3. The molecule has 1 fully saturated rings. The van der Waals surface area contributed by atoms with Crippen molar-refractivity contribution < 1.29 is 14.3 Å². The van der Waals surface area contributed by atoms with Gasteiger partial charge in [-0.3, -0.25) is 4.90 Å². The third-order valence-corrected chi connectivity index (χ3v) is 4.78. The monoisotopic (exact) mass is 432 g/mol. The zero-order valence-electron chi connectivity index (χ0n) is 15.4. The molecule has 0 unspecified atom stereocenters. The van der Waals surface area contributed by atoms with Crippen LogP contribution in [0.15, 0.2) is 16.7 Å². The van der Waals surface area contributed by atoms with Crippen LogP contribution in [0.4, 0.5) is 4.79 Å². The summed E-state index contributed by atoms with van der Waals surface area (Å²) in [5, 5.41) is 0.393. The third kappa shape index (κ3) is 5.08. The molecule has 25 heavy (non-hydrogen) atoms. The Labute approximate surface area is 163 Å². The molecule has 1 aliphatic heterocycles. The lowest BCUT2D eigenvalue weighted by Gasteiger charge is -2.46. The Morgan fingerprint density at radius 2 is 2.08 bits per heavy atom. The molecule has 2 rings (SSSR count). The van der Waals surface area contributed by atoms with Gasteiger partial charge < -0.3 is 9.47 Å². The highest BCUT2D eigenvalue weighted by Gasteiger charge is 2.42. The first-order chi connectivity index (χ1) is 11.7. The molecule has 140 valence electrons. The average Bonchev–Trinajstić information content (AvgIpc) is 2.50. The predicted octanol–water partition coefficient (Wildman–Crippen LogP) is 5.36. The van der Waals surface area contributed by atoms with E-state index in [1.807, 2.05) is 38.7 Å². The van der Waals surface area contributed by atoms with Crippen LogP contribution >= 0.6 is 27.5 Å². The molecule has 1 saturated heterocycles. The van der Waals surface area contributed by atoms with Crippen LogP contribution in [0.25, 0.3) is 0 Å². The van der Waals surface area contributed by atoms with Gasteiger partial charge in [0.05, 0.1) is 18.7 Å². The van der Waals surface area contributed by atoms with Crippen molar-refractivity contribution >= 4 is 33.6 Å². The summed E-state index contributed by atoms with van der Waals surface area (Å²) in [6, 6.07) is 3.55. The molecule has 1 aliphatic rings. The van der Waals surface area contributed by atoms with Crippen LogP contribution in [-0.2, 0) is 9.47 Å². The Morgan fingerprint density at radius 1 is 1.40 bits per heavy atom. The van der Waals surface area contributed by atoms with E-state index in [4.69, 9.17) is 21.1 Å². The van der Waals surface area contributed by atoms with Gasteiger partial charge in [0.15, 0.2) is 0 Å². The number of pyridine rings is 1. The Hall–Kier alpha value is -0.850. The lowest BCUT2D eigenvalue weighted by atomic mass is 9.95. The van der Waals surface area contributed by atoms with Crippen LogP contribution in [0.2, 0.25) is 5.15 Å². The molecule has 0 aliphatic carbocycles. The smallest absolute Gasteiger partial charge is 0.410 e. The van der Waals surface area contributed by atoms with E-state index < -0.39 is 5.60 Å². The SMILES string of the molecule is CC[C@H]1CO[C@H](c2cc(Cl)nc(Br)c2)[C@@H](CC)N1C(=O)OC(C)(C)C. The molecule has 1 amide bonds. The van der Waals surface area contributed by atoms with Crippen molar-refractivity contribution in [1.82, 2.24) is 9.88 Å². The van der Waals surface area contributed by atoms with Crippen LogP contribution in [0.3, 0.4) is 0 Å². The van der Waals surface area contributed by atoms with Gasteiger partial charge >= 0.3 is 6.09 Å². The fraction of sp³-hybridized carbons (Fsp3) is 0.667. The van der Waals surface area contributed by atoms with Crippen molar-refractivity contribution in [2.45, 2.75) is 71.2 Å². The van der Waals surface area contributed by atoms with Gasteiger partial charge in [-0.15, -0.1) is 0 Å². The minimum absolute atomic E-state index is 0.00296. The van der Waals surface area contributed by atoms with Crippen molar-refractivity contribution in [3.63, 3.8) is 0 Å². The number of carbonyl (C=O) groups excluding carboxylic acids is 1. The Balaban J connectivity index is 2.36. The summed E-state index contributed by atoms with van der Waals surface area (Å²) in [6.07, 6.45) is 0.997. The average molecular weight is 434 g/mol. The first-order valence-corrected chi connectivity index (χ1v) is 9.79. The van der Waals surface area contributed by atoms with Crippen LogP contribution in [0.5, 0.6) is 0 Å². The molecule has 2 heterocycles. The Kier molecular flexibility index (Phi) is 6.74. The zero-order valence-corrected chi connectivity index (χ0v) is 17.7. The first kappa shape index (κ1) is 20.5. The molecule has 0 saturated carbocycles. The summed E-state index contributed by atoms with van der Waals surface area (Å²) in [5.74, 6) is 0. The van der Waals surface area contributed by atoms with E-state index in [2.05, 4.69) is 27.8 Å². The number of morpholine rings is 1. The highest BCUT2D eigenvalue weighted by molar-refractivity contribution is 9.10. The maximum absolute atomic E-state index is 12.9. The lowest BCUT2D eigenvalue weighted by Crippen LogP contribution is -2.56. The van der Waals surface area contributed by atoms with Crippen molar-refractivity contribution in [3.05, 3.63) is 27.5 Å². The third-order valence-electron chi connectivity index (χ3n) is 4.18. The molecule has 7 heteroatoms. The Bertz CT molecular complexity index is 601. The second-order valence-electron chi connectivity index (χ2n) is 7.23. The fourth-order valence-electron chi connectivity index (χ4n) is 3.11. The topological polar surface area (TPSA) is 51.7 Å². The van der Waals surface area contributed by atoms with Crippen molar-refractivity contribution in [2.24, 2.45) is 0 Å². The normalized spacial score (nSPS) is 24.3. The molecule has 0 radical (unpaired) electrons. The lowest BCUT2D eigenvalue weighted by molar-refractivity contribution is -0.107.